The third-order valence-electron chi connectivity index (χ3n) is 3.35. The van der Waals surface area contributed by atoms with Gasteiger partial charge >= 0.3 is 0 Å². The fourth-order valence-corrected chi connectivity index (χ4v) is 4.81. The van der Waals surface area contributed by atoms with E-state index in [9.17, 15) is 0 Å². The fourth-order valence-electron chi connectivity index (χ4n) is 2.25. The quantitative estimate of drug-likeness (QED) is 0.655. The van der Waals surface area contributed by atoms with E-state index < -0.39 is 0 Å². The predicted octanol–water partition coefficient (Wildman–Crippen LogP) is 4.19. The summed E-state index contributed by atoms with van der Waals surface area (Å²) in [6.07, 6.45) is 3.62. The number of aromatic nitrogens is 2. The van der Waals surface area contributed by atoms with Crippen LogP contribution in [0, 0.1) is 0 Å². The van der Waals surface area contributed by atoms with E-state index in [1.807, 2.05) is 11.6 Å². The van der Waals surface area contributed by atoms with Crippen LogP contribution >= 0.6 is 38.6 Å². The number of thiophene rings is 1. The Morgan fingerprint density at radius 2 is 2.27 bits per heavy atom. The fraction of sp³-hybridized carbons (Fsp3) is 0.333. The summed E-state index contributed by atoms with van der Waals surface area (Å²) in [6, 6.07) is 2.14. The Balaban J connectivity index is 2.00. The average molecular weight is 397 g/mol. The summed E-state index contributed by atoms with van der Waals surface area (Å²) in [6.45, 7) is 3.51. The first-order valence-electron chi connectivity index (χ1n) is 7.16. The Labute approximate surface area is 145 Å². The molecule has 0 aliphatic heterocycles. The summed E-state index contributed by atoms with van der Waals surface area (Å²) >= 11 is 7.12. The van der Waals surface area contributed by atoms with E-state index in [2.05, 4.69) is 39.2 Å². The van der Waals surface area contributed by atoms with Crippen LogP contribution in [0.1, 0.15) is 22.5 Å². The molecule has 0 aromatic carbocycles. The number of aryl methyl sites for hydroxylation is 1. The number of fused-ring (bicyclic) bond motifs is 1. The van der Waals surface area contributed by atoms with Crippen LogP contribution in [0.3, 0.4) is 0 Å². The van der Waals surface area contributed by atoms with Crippen molar-refractivity contribution in [2.24, 2.45) is 5.73 Å². The molecule has 3 rings (SSSR count). The minimum atomic E-state index is 0.647. The van der Waals surface area contributed by atoms with Crippen LogP contribution in [0.25, 0.3) is 10.2 Å². The zero-order valence-electron chi connectivity index (χ0n) is 12.2. The first-order chi connectivity index (χ1) is 10.7. The van der Waals surface area contributed by atoms with Gasteiger partial charge < -0.3 is 11.1 Å². The summed E-state index contributed by atoms with van der Waals surface area (Å²) in [5, 5.41) is 6.60. The van der Waals surface area contributed by atoms with Gasteiger partial charge in [0.05, 0.1) is 26.9 Å². The monoisotopic (exact) mass is 396 g/mol. The lowest BCUT2D eigenvalue weighted by atomic mass is 10.2. The molecule has 0 saturated heterocycles. The van der Waals surface area contributed by atoms with Crippen molar-refractivity contribution < 1.29 is 0 Å². The van der Waals surface area contributed by atoms with Crippen molar-refractivity contribution in [3.05, 3.63) is 37.7 Å². The van der Waals surface area contributed by atoms with Crippen molar-refractivity contribution in [1.29, 1.82) is 0 Å². The van der Waals surface area contributed by atoms with E-state index in [4.69, 9.17) is 10.7 Å². The summed E-state index contributed by atoms with van der Waals surface area (Å²) in [5.74, 6) is 0. The van der Waals surface area contributed by atoms with Gasteiger partial charge in [0, 0.05) is 22.1 Å². The molecule has 0 radical (unpaired) electrons. The van der Waals surface area contributed by atoms with Crippen LogP contribution in [0.15, 0.2) is 22.1 Å². The number of thiazole rings is 1. The molecular formula is C15H17BrN4S2. The number of nitrogens with zero attached hydrogens (tertiary/aromatic N) is 2. The van der Waals surface area contributed by atoms with Gasteiger partial charge in [-0.1, -0.05) is 6.92 Å². The molecule has 3 N–H and O–H groups in total. The highest BCUT2D eigenvalue weighted by Gasteiger charge is 2.15. The van der Waals surface area contributed by atoms with E-state index in [-0.39, 0.29) is 0 Å². The van der Waals surface area contributed by atoms with Crippen molar-refractivity contribution >= 4 is 54.5 Å². The Bertz CT molecular complexity index is 768. The van der Waals surface area contributed by atoms with Gasteiger partial charge in [-0.25, -0.2) is 4.98 Å². The highest BCUT2D eigenvalue weighted by molar-refractivity contribution is 9.10. The molecule has 22 heavy (non-hydrogen) atoms. The van der Waals surface area contributed by atoms with Crippen LogP contribution in [0.2, 0.25) is 0 Å². The van der Waals surface area contributed by atoms with Gasteiger partial charge in [0.1, 0.15) is 5.01 Å². The molecule has 7 heteroatoms. The first kappa shape index (κ1) is 15.9. The molecule has 0 bridgehead atoms. The number of anilines is 1. The lowest BCUT2D eigenvalue weighted by Gasteiger charge is -2.08. The predicted molar refractivity (Wildman–Crippen MR) is 98.9 cm³/mol. The third kappa shape index (κ3) is 3.17. The smallest absolute Gasteiger partial charge is 0.112 e. The highest BCUT2D eigenvalue weighted by atomic mass is 79.9. The molecule has 0 amide bonds. The van der Waals surface area contributed by atoms with E-state index in [1.165, 1.54) is 9.58 Å². The number of hydrogen-bond donors (Lipinski definition) is 2. The van der Waals surface area contributed by atoms with Crippen LogP contribution in [-0.2, 0) is 19.4 Å². The number of hydrogen-bond acceptors (Lipinski definition) is 6. The number of nitrogens with one attached hydrogen (secondary N) is 1. The van der Waals surface area contributed by atoms with Gasteiger partial charge in [-0.3, -0.25) is 4.98 Å². The summed E-state index contributed by atoms with van der Waals surface area (Å²) in [5.41, 5.74) is 8.97. The minimum Gasteiger partial charge on any atom is -0.377 e. The zero-order valence-corrected chi connectivity index (χ0v) is 15.4. The van der Waals surface area contributed by atoms with Gasteiger partial charge in [-0.05, 0) is 41.4 Å². The van der Waals surface area contributed by atoms with Crippen LogP contribution in [0.4, 0.5) is 5.69 Å². The maximum absolute atomic E-state index is 5.71. The molecule has 3 aromatic heterocycles. The van der Waals surface area contributed by atoms with Gasteiger partial charge in [0.2, 0.25) is 0 Å². The van der Waals surface area contributed by atoms with Gasteiger partial charge in [-0.15, -0.1) is 22.7 Å². The van der Waals surface area contributed by atoms with Crippen molar-refractivity contribution in [1.82, 2.24) is 9.97 Å². The van der Waals surface area contributed by atoms with Crippen LogP contribution in [-0.4, -0.2) is 16.5 Å². The molecule has 0 saturated carbocycles. The Kier molecular flexibility index (Phi) is 5.07. The van der Waals surface area contributed by atoms with Gasteiger partial charge in [0.25, 0.3) is 0 Å². The third-order valence-corrected chi connectivity index (χ3v) is 6.52. The first-order valence-corrected chi connectivity index (χ1v) is 9.65. The Morgan fingerprint density at radius 1 is 1.41 bits per heavy atom. The lowest BCUT2D eigenvalue weighted by Crippen LogP contribution is -2.01. The normalized spacial score (nSPS) is 11.2. The summed E-state index contributed by atoms with van der Waals surface area (Å²) < 4.78 is 2.27. The van der Waals surface area contributed by atoms with Gasteiger partial charge in [0.15, 0.2) is 0 Å². The SMILES string of the molecule is CCc1cc(NCc2nccs2)c2sc(CCN)c(Br)c2n1. The topological polar surface area (TPSA) is 63.8 Å². The molecule has 0 aliphatic rings. The molecule has 116 valence electrons. The Hall–Kier alpha value is -1.02. The second-order valence-corrected chi connectivity index (χ2v) is 7.73. The average Bonchev–Trinajstić information content (AvgIpc) is 3.15. The zero-order chi connectivity index (χ0) is 15.5. The van der Waals surface area contributed by atoms with E-state index in [0.717, 1.165) is 45.8 Å². The molecule has 0 atom stereocenters. The van der Waals surface area contributed by atoms with Crippen LogP contribution < -0.4 is 11.1 Å². The maximum Gasteiger partial charge on any atom is 0.112 e. The van der Waals surface area contributed by atoms with E-state index >= 15 is 0 Å². The van der Waals surface area contributed by atoms with Crippen molar-refractivity contribution in [2.75, 3.05) is 11.9 Å². The van der Waals surface area contributed by atoms with Crippen molar-refractivity contribution in [3.8, 4) is 0 Å². The van der Waals surface area contributed by atoms with E-state index in [1.54, 1.807) is 22.7 Å². The maximum atomic E-state index is 5.71. The molecular weight excluding hydrogens is 380 g/mol. The van der Waals surface area contributed by atoms with Gasteiger partial charge in [-0.2, -0.15) is 0 Å². The van der Waals surface area contributed by atoms with E-state index in [0.29, 0.717) is 6.54 Å². The summed E-state index contributed by atoms with van der Waals surface area (Å²) in [4.78, 5) is 10.4. The largest absolute Gasteiger partial charge is 0.377 e. The van der Waals surface area contributed by atoms with Crippen LogP contribution in [0.5, 0.6) is 0 Å². The molecule has 4 nitrogen and oxygen atoms in total. The molecule has 0 spiro atoms. The number of pyridine rings is 1. The Morgan fingerprint density at radius 3 is 2.95 bits per heavy atom. The second-order valence-electron chi connectivity index (χ2n) is 4.85. The van der Waals surface area contributed by atoms with Crippen molar-refractivity contribution in [3.63, 3.8) is 0 Å². The molecule has 3 heterocycles. The number of halogens is 1. The number of rotatable bonds is 6. The summed E-state index contributed by atoms with van der Waals surface area (Å²) in [7, 11) is 0. The molecule has 0 unspecified atom stereocenters. The second kappa shape index (κ2) is 7.04. The molecule has 0 aliphatic carbocycles. The lowest BCUT2D eigenvalue weighted by molar-refractivity contribution is 0.984. The molecule has 0 fully saturated rings. The van der Waals surface area contributed by atoms with Crippen molar-refractivity contribution in [2.45, 2.75) is 26.3 Å². The number of nitrogens with two attached hydrogens (primary N) is 1. The molecule has 3 aromatic rings. The highest BCUT2D eigenvalue weighted by Crippen LogP contribution is 2.39. The minimum absolute atomic E-state index is 0.647. The standard InChI is InChI=1S/C15H17BrN4S2/c1-2-9-7-10(19-8-12-18-5-6-21-12)15-14(20-9)13(16)11(22-15)3-4-17/h5-7H,2-4,8,17H2,1H3,(H,19,20).